The number of carbonyl (C=O) groups is 1. The minimum absolute atomic E-state index is 0.0452. The molecule has 14 heavy (non-hydrogen) atoms. The molecule has 0 saturated heterocycles. The summed E-state index contributed by atoms with van der Waals surface area (Å²) in [7, 11) is 0. The van der Waals surface area contributed by atoms with Gasteiger partial charge in [0.25, 0.3) is 0 Å². The maximum atomic E-state index is 13.1. The zero-order valence-corrected chi connectivity index (χ0v) is 6.87. The molecule has 2 heterocycles. The second-order valence-electron chi connectivity index (χ2n) is 2.83. The highest BCUT2D eigenvalue weighted by atomic mass is 19.1. The average Bonchev–Trinajstić information content (AvgIpc) is 2.47. The molecule has 0 aliphatic rings. The summed E-state index contributed by atoms with van der Waals surface area (Å²) in [5.74, 6) is -2.70. The Morgan fingerprint density at radius 2 is 2.00 bits per heavy atom. The van der Waals surface area contributed by atoms with Gasteiger partial charge in [-0.15, -0.1) is 0 Å². The van der Waals surface area contributed by atoms with E-state index in [0.717, 1.165) is 22.9 Å². The Morgan fingerprint density at radius 3 is 2.64 bits per heavy atom. The van der Waals surface area contributed by atoms with E-state index in [2.05, 4.69) is 0 Å². The number of carboxylic acid groups (broad SMARTS) is 1. The van der Waals surface area contributed by atoms with Crippen LogP contribution in [0.4, 0.5) is 8.78 Å². The molecule has 2 aromatic heterocycles. The summed E-state index contributed by atoms with van der Waals surface area (Å²) < 4.78 is 26.9. The minimum Gasteiger partial charge on any atom is -0.478 e. The molecule has 3 nitrogen and oxygen atoms in total. The van der Waals surface area contributed by atoms with Crippen molar-refractivity contribution in [3.63, 3.8) is 0 Å². The number of carboxylic acids is 1. The van der Waals surface area contributed by atoms with Gasteiger partial charge in [-0.05, 0) is 6.07 Å². The lowest BCUT2D eigenvalue weighted by Gasteiger charge is -1.95. The molecule has 5 heteroatoms. The van der Waals surface area contributed by atoms with Gasteiger partial charge in [-0.2, -0.15) is 0 Å². The fourth-order valence-corrected chi connectivity index (χ4v) is 1.26. The summed E-state index contributed by atoms with van der Waals surface area (Å²) in [5.41, 5.74) is -0.0294. The summed E-state index contributed by atoms with van der Waals surface area (Å²) in [6, 6.07) is 1.86. The lowest BCUT2D eigenvalue weighted by atomic mass is 10.3. The van der Waals surface area contributed by atoms with E-state index < -0.39 is 17.6 Å². The van der Waals surface area contributed by atoms with Gasteiger partial charge in [-0.3, -0.25) is 0 Å². The van der Waals surface area contributed by atoms with Crippen LogP contribution in [-0.4, -0.2) is 15.5 Å². The number of fused-ring (bicyclic) bond motifs is 1. The zero-order valence-electron chi connectivity index (χ0n) is 6.87. The molecule has 0 spiro atoms. The van der Waals surface area contributed by atoms with E-state index in [1.54, 1.807) is 0 Å². The SMILES string of the molecule is O=C(O)c1cc2c(F)cc(F)cn2c1. The van der Waals surface area contributed by atoms with Crippen LogP contribution in [0.1, 0.15) is 10.4 Å². The van der Waals surface area contributed by atoms with Gasteiger partial charge in [0.05, 0.1) is 11.1 Å². The molecule has 72 valence electrons. The van der Waals surface area contributed by atoms with E-state index in [1.165, 1.54) is 0 Å². The van der Waals surface area contributed by atoms with Crippen molar-refractivity contribution in [3.8, 4) is 0 Å². The summed E-state index contributed by atoms with van der Waals surface area (Å²) in [6.45, 7) is 0. The maximum absolute atomic E-state index is 13.1. The molecule has 0 aliphatic carbocycles. The normalized spacial score (nSPS) is 10.7. The van der Waals surface area contributed by atoms with Gasteiger partial charge in [0, 0.05) is 18.5 Å². The van der Waals surface area contributed by atoms with Crippen molar-refractivity contribution >= 4 is 11.5 Å². The number of pyridine rings is 1. The van der Waals surface area contributed by atoms with Crippen molar-refractivity contribution in [1.82, 2.24) is 4.40 Å². The smallest absolute Gasteiger partial charge is 0.337 e. The third-order valence-corrected chi connectivity index (χ3v) is 1.87. The van der Waals surface area contributed by atoms with E-state index in [0.29, 0.717) is 6.07 Å². The fraction of sp³-hybridized carbons (Fsp3) is 0. The quantitative estimate of drug-likeness (QED) is 0.758. The van der Waals surface area contributed by atoms with Gasteiger partial charge in [-0.25, -0.2) is 13.6 Å². The Balaban J connectivity index is 2.76. The van der Waals surface area contributed by atoms with E-state index in [1.807, 2.05) is 0 Å². The van der Waals surface area contributed by atoms with E-state index >= 15 is 0 Å². The van der Waals surface area contributed by atoms with Crippen molar-refractivity contribution < 1.29 is 18.7 Å². The molecular formula is C9H5F2NO2. The van der Waals surface area contributed by atoms with Gasteiger partial charge < -0.3 is 9.51 Å². The highest BCUT2D eigenvalue weighted by molar-refractivity contribution is 5.89. The Kier molecular flexibility index (Phi) is 1.73. The molecule has 2 rings (SSSR count). The van der Waals surface area contributed by atoms with Crippen molar-refractivity contribution in [2.75, 3.05) is 0 Å². The monoisotopic (exact) mass is 197 g/mol. The van der Waals surface area contributed by atoms with E-state index in [-0.39, 0.29) is 11.1 Å². The van der Waals surface area contributed by atoms with Crippen LogP contribution in [0.5, 0.6) is 0 Å². The second-order valence-corrected chi connectivity index (χ2v) is 2.83. The van der Waals surface area contributed by atoms with E-state index in [9.17, 15) is 13.6 Å². The Morgan fingerprint density at radius 1 is 1.29 bits per heavy atom. The zero-order chi connectivity index (χ0) is 10.3. The molecule has 2 aromatic rings. The number of rotatable bonds is 1. The average molecular weight is 197 g/mol. The number of hydrogen-bond donors (Lipinski definition) is 1. The standard InChI is InChI=1S/C9H5F2NO2/c10-6-2-7(11)8-1-5(9(13)14)3-12(8)4-6/h1-4H,(H,13,14). The number of aromatic nitrogens is 1. The molecule has 0 amide bonds. The molecular weight excluding hydrogens is 192 g/mol. The van der Waals surface area contributed by atoms with Crippen LogP contribution >= 0.6 is 0 Å². The van der Waals surface area contributed by atoms with Crippen LogP contribution < -0.4 is 0 Å². The first-order valence-electron chi connectivity index (χ1n) is 3.78. The topological polar surface area (TPSA) is 41.7 Å². The van der Waals surface area contributed by atoms with Crippen LogP contribution in [-0.2, 0) is 0 Å². The molecule has 0 fully saturated rings. The van der Waals surface area contributed by atoms with Crippen molar-refractivity contribution in [3.05, 3.63) is 41.7 Å². The predicted octanol–water partition coefficient (Wildman–Crippen LogP) is 1.92. The van der Waals surface area contributed by atoms with Crippen LogP contribution in [0.3, 0.4) is 0 Å². The first kappa shape index (κ1) is 8.68. The Hall–Kier alpha value is -1.91. The van der Waals surface area contributed by atoms with Crippen LogP contribution in [0.15, 0.2) is 24.5 Å². The van der Waals surface area contributed by atoms with Gasteiger partial charge in [-0.1, -0.05) is 0 Å². The molecule has 0 saturated carbocycles. The van der Waals surface area contributed by atoms with Crippen molar-refractivity contribution in [1.29, 1.82) is 0 Å². The summed E-state index contributed by atoms with van der Waals surface area (Å²) >= 11 is 0. The number of aromatic carboxylic acids is 1. The van der Waals surface area contributed by atoms with Gasteiger partial charge in [0.2, 0.25) is 0 Å². The summed E-state index contributed by atoms with van der Waals surface area (Å²) in [5, 5.41) is 8.62. The molecule has 0 atom stereocenters. The third-order valence-electron chi connectivity index (χ3n) is 1.87. The number of hydrogen-bond acceptors (Lipinski definition) is 1. The minimum atomic E-state index is -1.17. The predicted molar refractivity (Wildman–Crippen MR) is 44.3 cm³/mol. The third kappa shape index (κ3) is 1.22. The van der Waals surface area contributed by atoms with Gasteiger partial charge in [0.15, 0.2) is 0 Å². The lowest BCUT2D eigenvalue weighted by molar-refractivity contribution is 0.0697. The Bertz CT molecular complexity index is 519. The molecule has 0 aliphatic heterocycles. The van der Waals surface area contributed by atoms with Crippen LogP contribution in [0.2, 0.25) is 0 Å². The Labute approximate surface area is 77.2 Å². The molecule has 0 aromatic carbocycles. The van der Waals surface area contributed by atoms with Crippen LogP contribution in [0, 0.1) is 11.6 Å². The van der Waals surface area contributed by atoms with E-state index in [4.69, 9.17) is 5.11 Å². The molecule has 0 unspecified atom stereocenters. The number of nitrogens with zero attached hydrogens (tertiary/aromatic N) is 1. The lowest BCUT2D eigenvalue weighted by Crippen LogP contribution is -1.92. The first-order valence-corrected chi connectivity index (χ1v) is 3.78. The van der Waals surface area contributed by atoms with Crippen molar-refractivity contribution in [2.24, 2.45) is 0 Å². The van der Waals surface area contributed by atoms with Gasteiger partial charge >= 0.3 is 5.97 Å². The second kappa shape index (κ2) is 2.80. The highest BCUT2D eigenvalue weighted by Gasteiger charge is 2.10. The largest absolute Gasteiger partial charge is 0.478 e. The first-order chi connectivity index (χ1) is 6.58. The molecule has 1 N–H and O–H groups in total. The molecule has 0 bridgehead atoms. The fourth-order valence-electron chi connectivity index (χ4n) is 1.26. The summed E-state index contributed by atoms with van der Waals surface area (Å²) in [4.78, 5) is 10.5. The highest BCUT2D eigenvalue weighted by Crippen LogP contribution is 2.15. The number of halogens is 2. The van der Waals surface area contributed by atoms with Crippen molar-refractivity contribution in [2.45, 2.75) is 0 Å². The molecule has 0 radical (unpaired) electrons. The van der Waals surface area contributed by atoms with Crippen LogP contribution in [0.25, 0.3) is 5.52 Å². The van der Waals surface area contributed by atoms with Gasteiger partial charge in [0.1, 0.15) is 11.6 Å². The maximum Gasteiger partial charge on any atom is 0.337 e. The summed E-state index contributed by atoms with van der Waals surface area (Å²) in [6.07, 6.45) is 2.18.